The standard InChI is InChI=1S/C25H27N5O2/c31-22(18-6-2-1-3-7-18)16-26-23-15-24(28-17-27-23)29-12-10-20(11-13-29)30-21-9-5-4-8-19(21)14-25(30)32/h1-9,15,17,20,22,31H,10-14,16H2,(H,26,27,28). The molecule has 3 heterocycles. The van der Waals surface area contributed by atoms with Crippen LogP contribution in [0.25, 0.3) is 0 Å². The van der Waals surface area contributed by atoms with Crippen molar-refractivity contribution in [1.29, 1.82) is 0 Å². The summed E-state index contributed by atoms with van der Waals surface area (Å²) in [6, 6.07) is 19.8. The number of carbonyl (C=O) groups is 1. The quantitative estimate of drug-likeness (QED) is 0.626. The maximum Gasteiger partial charge on any atom is 0.231 e. The third kappa shape index (κ3) is 4.16. The fourth-order valence-electron chi connectivity index (χ4n) is 4.64. The first-order chi connectivity index (χ1) is 15.7. The number of aromatic nitrogens is 2. The van der Waals surface area contributed by atoms with E-state index in [4.69, 9.17) is 0 Å². The predicted octanol–water partition coefficient (Wildman–Crippen LogP) is 3.18. The van der Waals surface area contributed by atoms with Crippen molar-refractivity contribution in [2.45, 2.75) is 31.4 Å². The van der Waals surface area contributed by atoms with E-state index in [2.05, 4.69) is 26.3 Å². The molecule has 2 aliphatic rings. The monoisotopic (exact) mass is 429 g/mol. The normalized spacial score (nSPS) is 17.3. The Hall–Kier alpha value is -3.45. The van der Waals surface area contributed by atoms with Gasteiger partial charge in [0, 0.05) is 37.4 Å². The molecule has 0 radical (unpaired) electrons. The average Bonchev–Trinajstić information content (AvgIpc) is 3.19. The predicted molar refractivity (Wildman–Crippen MR) is 125 cm³/mol. The molecule has 5 rings (SSSR count). The number of nitrogens with zero attached hydrogens (tertiary/aromatic N) is 4. The van der Waals surface area contributed by atoms with E-state index in [0.717, 1.165) is 48.6 Å². The average molecular weight is 430 g/mol. The molecule has 164 valence electrons. The summed E-state index contributed by atoms with van der Waals surface area (Å²) in [6.45, 7) is 2.04. The maximum atomic E-state index is 12.6. The Bertz CT molecular complexity index is 1080. The van der Waals surface area contributed by atoms with Gasteiger partial charge in [-0.05, 0) is 30.0 Å². The number of anilines is 3. The molecule has 1 aromatic heterocycles. The van der Waals surface area contributed by atoms with Crippen LogP contribution < -0.4 is 15.1 Å². The highest BCUT2D eigenvalue weighted by molar-refractivity contribution is 6.01. The Labute approximate surface area is 187 Å². The van der Waals surface area contributed by atoms with Crippen molar-refractivity contribution < 1.29 is 9.90 Å². The summed E-state index contributed by atoms with van der Waals surface area (Å²) >= 11 is 0. The molecular weight excluding hydrogens is 402 g/mol. The Balaban J connectivity index is 1.20. The van der Waals surface area contributed by atoms with Crippen LogP contribution in [0.2, 0.25) is 0 Å². The minimum atomic E-state index is -0.605. The number of fused-ring (bicyclic) bond motifs is 1. The molecule has 7 heteroatoms. The van der Waals surface area contributed by atoms with Crippen LogP contribution in [-0.2, 0) is 11.2 Å². The van der Waals surface area contributed by atoms with E-state index in [0.29, 0.717) is 18.8 Å². The first-order valence-corrected chi connectivity index (χ1v) is 11.1. The molecule has 1 unspecified atom stereocenters. The van der Waals surface area contributed by atoms with Crippen LogP contribution in [0.15, 0.2) is 67.0 Å². The number of aliphatic hydroxyl groups is 1. The lowest BCUT2D eigenvalue weighted by Gasteiger charge is -2.37. The van der Waals surface area contributed by atoms with Gasteiger partial charge < -0.3 is 20.2 Å². The number of rotatable bonds is 6. The molecule has 1 saturated heterocycles. The van der Waals surface area contributed by atoms with Crippen molar-refractivity contribution in [1.82, 2.24) is 9.97 Å². The zero-order chi connectivity index (χ0) is 21.9. The van der Waals surface area contributed by atoms with E-state index >= 15 is 0 Å². The molecule has 2 aromatic carbocycles. The van der Waals surface area contributed by atoms with E-state index < -0.39 is 6.10 Å². The molecule has 3 aromatic rings. The molecule has 1 atom stereocenters. The zero-order valence-corrected chi connectivity index (χ0v) is 17.9. The van der Waals surface area contributed by atoms with Gasteiger partial charge in [-0.2, -0.15) is 0 Å². The molecule has 1 fully saturated rings. The maximum absolute atomic E-state index is 12.6. The number of nitrogens with one attached hydrogen (secondary N) is 1. The first-order valence-electron chi connectivity index (χ1n) is 11.1. The van der Waals surface area contributed by atoms with E-state index in [9.17, 15) is 9.90 Å². The van der Waals surface area contributed by atoms with Crippen molar-refractivity contribution in [2.75, 3.05) is 34.8 Å². The minimum absolute atomic E-state index is 0.204. The summed E-state index contributed by atoms with van der Waals surface area (Å²) in [5.41, 5.74) is 3.07. The highest BCUT2D eigenvalue weighted by Gasteiger charge is 2.34. The van der Waals surface area contributed by atoms with Crippen molar-refractivity contribution >= 4 is 23.2 Å². The Morgan fingerprint density at radius 3 is 2.59 bits per heavy atom. The van der Waals surface area contributed by atoms with Gasteiger partial charge in [-0.25, -0.2) is 9.97 Å². The number of amides is 1. The molecule has 0 spiro atoms. The van der Waals surface area contributed by atoms with Crippen LogP contribution in [-0.4, -0.2) is 46.7 Å². The van der Waals surface area contributed by atoms with E-state index in [-0.39, 0.29) is 11.9 Å². The Morgan fingerprint density at radius 2 is 1.78 bits per heavy atom. The second-order valence-corrected chi connectivity index (χ2v) is 8.36. The van der Waals surface area contributed by atoms with Gasteiger partial charge in [0.25, 0.3) is 0 Å². The van der Waals surface area contributed by atoms with Crippen LogP contribution >= 0.6 is 0 Å². The molecular formula is C25H27N5O2. The van der Waals surface area contributed by atoms with Gasteiger partial charge in [-0.1, -0.05) is 48.5 Å². The summed E-state index contributed by atoms with van der Waals surface area (Å²) in [4.78, 5) is 25.6. The van der Waals surface area contributed by atoms with E-state index in [1.807, 2.05) is 59.5 Å². The second-order valence-electron chi connectivity index (χ2n) is 8.36. The van der Waals surface area contributed by atoms with Crippen LogP contribution in [0.4, 0.5) is 17.3 Å². The van der Waals surface area contributed by atoms with Gasteiger partial charge in [0.1, 0.15) is 18.0 Å². The zero-order valence-electron chi connectivity index (χ0n) is 17.9. The number of benzene rings is 2. The number of carbonyl (C=O) groups excluding carboxylic acids is 1. The van der Waals surface area contributed by atoms with Gasteiger partial charge in [0.2, 0.25) is 5.91 Å². The van der Waals surface area contributed by atoms with Gasteiger partial charge >= 0.3 is 0 Å². The summed E-state index contributed by atoms with van der Waals surface area (Å²) < 4.78 is 0. The van der Waals surface area contributed by atoms with Gasteiger partial charge in [-0.3, -0.25) is 4.79 Å². The van der Waals surface area contributed by atoms with Crippen molar-refractivity contribution in [3.63, 3.8) is 0 Å². The smallest absolute Gasteiger partial charge is 0.231 e. The van der Waals surface area contributed by atoms with Crippen LogP contribution in [0.3, 0.4) is 0 Å². The molecule has 1 amide bonds. The molecule has 0 saturated carbocycles. The Morgan fingerprint density at radius 1 is 1.03 bits per heavy atom. The lowest BCUT2D eigenvalue weighted by atomic mass is 10.0. The van der Waals surface area contributed by atoms with Crippen molar-refractivity contribution in [3.8, 4) is 0 Å². The van der Waals surface area contributed by atoms with Crippen molar-refractivity contribution in [2.24, 2.45) is 0 Å². The molecule has 32 heavy (non-hydrogen) atoms. The summed E-state index contributed by atoms with van der Waals surface area (Å²) in [5, 5.41) is 13.6. The fraction of sp³-hybridized carbons (Fsp3) is 0.320. The van der Waals surface area contributed by atoms with Crippen LogP contribution in [0.5, 0.6) is 0 Å². The third-order valence-electron chi connectivity index (χ3n) is 6.33. The summed E-state index contributed by atoms with van der Waals surface area (Å²) in [7, 11) is 0. The topological polar surface area (TPSA) is 81.6 Å². The number of hydrogen-bond acceptors (Lipinski definition) is 6. The molecule has 2 N–H and O–H groups in total. The highest BCUT2D eigenvalue weighted by Crippen LogP contribution is 2.33. The van der Waals surface area contributed by atoms with Gasteiger partial charge in [-0.15, -0.1) is 0 Å². The number of para-hydroxylation sites is 1. The SMILES string of the molecule is O=C1Cc2ccccc2N1C1CCN(c2cc(NCC(O)c3ccccc3)ncn2)CC1. The van der Waals surface area contributed by atoms with E-state index in [1.54, 1.807) is 6.33 Å². The highest BCUT2D eigenvalue weighted by atomic mass is 16.3. The summed E-state index contributed by atoms with van der Waals surface area (Å²) in [5.74, 6) is 1.76. The minimum Gasteiger partial charge on any atom is -0.387 e. The molecule has 0 bridgehead atoms. The Kier molecular flexibility index (Phi) is 5.73. The van der Waals surface area contributed by atoms with Crippen LogP contribution in [0, 0.1) is 0 Å². The summed E-state index contributed by atoms with van der Waals surface area (Å²) in [6.07, 6.45) is 3.26. The molecule has 7 nitrogen and oxygen atoms in total. The molecule has 0 aliphatic carbocycles. The number of aliphatic hydroxyl groups excluding tert-OH is 1. The number of piperidine rings is 1. The van der Waals surface area contributed by atoms with Gasteiger partial charge in [0.15, 0.2) is 0 Å². The first kappa shape index (κ1) is 20.5. The van der Waals surface area contributed by atoms with E-state index in [1.165, 1.54) is 0 Å². The lowest BCUT2D eigenvalue weighted by molar-refractivity contribution is -0.117. The molecule has 2 aliphatic heterocycles. The number of hydrogen-bond donors (Lipinski definition) is 2. The second kappa shape index (κ2) is 8.96. The lowest BCUT2D eigenvalue weighted by Crippen LogP contribution is -2.46. The third-order valence-corrected chi connectivity index (χ3v) is 6.33. The van der Waals surface area contributed by atoms with Crippen molar-refractivity contribution in [3.05, 3.63) is 78.1 Å². The van der Waals surface area contributed by atoms with Crippen LogP contribution in [0.1, 0.15) is 30.1 Å². The fourth-order valence-corrected chi connectivity index (χ4v) is 4.64. The van der Waals surface area contributed by atoms with Gasteiger partial charge in [0.05, 0.1) is 12.5 Å². The largest absolute Gasteiger partial charge is 0.387 e.